The van der Waals surface area contributed by atoms with E-state index in [0.717, 1.165) is 6.42 Å². The predicted octanol–water partition coefficient (Wildman–Crippen LogP) is 3.32. The number of methoxy groups -OCH3 is 3. The first kappa shape index (κ1) is 24.4. The zero-order valence-corrected chi connectivity index (χ0v) is 18.8. The lowest BCUT2D eigenvalue weighted by Gasteiger charge is -2.17. The van der Waals surface area contributed by atoms with Crippen molar-refractivity contribution in [2.24, 2.45) is 0 Å². The van der Waals surface area contributed by atoms with Crippen LogP contribution in [0.2, 0.25) is 5.02 Å². The third-order valence-corrected chi connectivity index (χ3v) is 4.52. The predicted molar refractivity (Wildman–Crippen MR) is 117 cm³/mol. The van der Waals surface area contributed by atoms with Gasteiger partial charge in [0, 0.05) is 12.1 Å². The minimum Gasteiger partial charge on any atom is -0.493 e. The molecule has 2 rings (SSSR count). The average Bonchev–Trinajstić information content (AvgIpc) is 2.79. The number of benzene rings is 2. The van der Waals surface area contributed by atoms with Crippen LogP contribution < -0.4 is 29.0 Å². The number of hydrogen-bond donors (Lipinski definition) is 2. The Bertz CT molecular complexity index is 853. The summed E-state index contributed by atoms with van der Waals surface area (Å²) in [5, 5.41) is 13.2. The Balaban J connectivity index is 1.98. The molecule has 0 saturated carbocycles. The van der Waals surface area contributed by atoms with Crippen LogP contribution in [0.1, 0.15) is 23.7 Å². The van der Waals surface area contributed by atoms with Crippen LogP contribution in [0.5, 0.6) is 28.7 Å². The van der Waals surface area contributed by atoms with Crippen molar-refractivity contribution in [2.75, 3.05) is 41.1 Å². The molecule has 2 aromatic rings. The fraction of sp³-hybridized carbons (Fsp3) is 0.409. The van der Waals surface area contributed by atoms with Gasteiger partial charge in [0.05, 0.1) is 33.0 Å². The van der Waals surface area contributed by atoms with E-state index in [9.17, 15) is 9.90 Å². The van der Waals surface area contributed by atoms with Crippen molar-refractivity contribution in [3.8, 4) is 28.7 Å². The largest absolute Gasteiger partial charge is 0.493 e. The van der Waals surface area contributed by atoms with Gasteiger partial charge in [0.2, 0.25) is 5.75 Å². The van der Waals surface area contributed by atoms with Gasteiger partial charge in [0.25, 0.3) is 5.91 Å². The van der Waals surface area contributed by atoms with Gasteiger partial charge in [-0.15, -0.1) is 0 Å². The summed E-state index contributed by atoms with van der Waals surface area (Å²) in [7, 11) is 4.49. The van der Waals surface area contributed by atoms with Crippen LogP contribution in [0.15, 0.2) is 30.3 Å². The lowest BCUT2D eigenvalue weighted by atomic mass is 10.2. The van der Waals surface area contributed by atoms with Crippen LogP contribution >= 0.6 is 11.6 Å². The van der Waals surface area contributed by atoms with Gasteiger partial charge in [0.1, 0.15) is 12.7 Å². The van der Waals surface area contributed by atoms with E-state index < -0.39 is 12.0 Å². The molecule has 8 nitrogen and oxygen atoms in total. The van der Waals surface area contributed by atoms with Gasteiger partial charge in [-0.25, -0.2) is 0 Å². The fourth-order valence-electron chi connectivity index (χ4n) is 2.71. The molecule has 0 bridgehead atoms. The second-order valence-corrected chi connectivity index (χ2v) is 6.91. The standard InChI is InChI=1S/C22H28ClNO7/c1-5-9-30-20-16(23)10-14(11-19(20)29-4)22(26)24-12-15(25)13-31-21-17(27-2)7-6-8-18(21)28-3/h6-8,10-11,15,25H,5,9,12-13H2,1-4H3,(H,24,26). The third kappa shape index (κ3) is 6.57. The minimum atomic E-state index is -0.969. The molecule has 1 atom stereocenters. The first-order chi connectivity index (χ1) is 14.9. The highest BCUT2D eigenvalue weighted by Gasteiger charge is 2.18. The number of nitrogens with one attached hydrogen (secondary N) is 1. The molecule has 0 saturated heterocycles. The molecule has 1 amide bonds. The molecule has 0 aromatic heterocycles. The van der Waals surface area contributed by atoms with Crippen molar-refractivity contribution in [3.05, 3.63) is 40.9 Å². The maximum absolute atomic E-state index is 12.5. The number of carbonyl (C=O) groups is 1. The van der Waals surface area contributed by atoms with Crippen LogP contribution in [0, 0.1) is 0 Å². The van der Waals surface area contributed by atoms with E-state index in [4.69, 9.17) is 35.3 Å². The summed E-state index contributed by atoms with van der Waals surface area (Å²) < 4.78 is 27.0. The normalized spacial score (nSPS) is 11.4. The third-order valence-electron chi connectivity index (χ3n) is 4.24. The highest BCUT2D eigenvalue weighted by molar-refractivity contribution is 6.32. The minimum absolute atomic E-state index is 0.0374. The number of rotatable bonds is 12. The highest BCUT2D eigenvalue weighted by atomic mass is 35.5. The van der Waals surface area contributed by atoms with Crippen molar-refractivity contribution >= 4 is 17.5 Å². The van der Waals surface area contributed by atoms with E-state index in [1.165, 1.54) is 33.5 Å². The number of aliphatic hydroxyl groups excluding tert-OH is 1. The zero-order valence-electron chi connectivity index (χ0n) is 18.1. The lowest BCUT2D eigenvalue weighted by molar-refractivity contribution is 0.0833. The molecule has 0 aliphatic rings. The van der Waals surface area contributed by atoms with Crippen LogP contribution in [-0.4, -0.2) is 58.2 Å². The summed E-state index contributed by atoms with van der Waals surface area (Å²) in [6.45, 7) is 2.33. The summed E-state index contributed by atoms with van der Waals surface area (Å²) >= 11 is 6.25. The van der Waals surface area contributed by atoms with E-state index in [1.54, 1.807) is 18.2 Å². The SMILES string of the molecule is CCCOc1c(Cl)cc(C(=O)NCC(O)COc2c(OC)cccc2OC)cc1OC. The molecule has 2 N–H and O–H groups in total. The molecule has 0 heterocycles. The number of para-hydroxylation sites is 1. The van der Waals surface area contributed by atoms with Gasteiger partial charge in [-0.2, -0.15) is 0 Å². The Morgan fingerprint density at radius 2 is 1.68 bits per heavy atom. The number of ether oxygens (including phenoxy) is 5. The molecule has 0 spiro atoms. The summed E-state index contributed by atoms with van der Waals surface area (Å²) in [6, 6.07) is 8.23. The zero-order chi connectivity index (χ0) is 22.8. The first-order valence-corrected chi connectivity index (χ1v) is 10.1. The van der Waals surface area contributed by atoms with E-state index >= 15 is 0 Å². The Morgan fingerprint density at radius 3 is 2.26 bits per heavy atom. The van der Waals surface area contributed by atoms with Crippen LogP contribution in [0.3, 0.4) is 0 Å². The lowest BCUT2D eigenvalue weighted by Crippen LogP contribution is -2.35. The summed E-state index contributed by atoms with van der Waals surface area (Å²) in [4.78, 5) is 12.5. The van der Waals surface area contributed by atoms with Crippen molar-refractivity contribution in [1.82, 2.24) is 5.32 Å². The van der Waals surface area contributed by atoms with E-state index in [-0.39, 0.29) is 23.7 Å². The Labute approximate surface area is 187 Å². The van der Waals surface area contributed by atoms with E-state index in [1.807, 2.05) is 6.92 Å². The van der Waals surface area contributed by atoms with E-state index in [2.05, 4.69) is 5.32 Å². The maximum Gasteiger partial charge on any atom is 0.251 e. The summed E-state index contributed by atoms with van der Waals surface area (Å²) in [6.07, 6.45) is -0.161. The molecule has 0 aliphatic heterocycles. The molecule has 170 valence electrons. The van der Waals surface area contributed by atoms with Gasteiger partial charge < -0.3 is 34.1 Å². The van der Waals surface area contributed by atoms with Gasteiger partial charge in [-0.05, 0) is 30.7 Å². The average molecular weight is 454 g/mol. The van der Waals surface area contributed by atoms with E-state index in [0.29, 0.717) is 35.4 Å². The van der Waals surface area contributed by atoms with Crippen molar-refractivity contribution in [3.63, 3.8) is 0 Å². The van der Waals surface area contributed by atoms with Crippen LogP contribution in [-0.2, 0) is 0 Å². The maximum atomic E-state index is 12.5. The molecule has 2 aromatic carbocycles. The Morgan fingerprint density at radius 1 is 1.03 bits per heavy atom. The van der Waals surface area contributed by atoms with Gasteiger partial charge in [0.15, 0.2) is 23.0 Å². The van der Waals surface area contributed by atoms with Crippen molar-refractivity contribution in [1.29, 1.82) is 0 Å². The summed E-state index contributed by atoms with van der Waals surface area (Å²) in [5.41, 5.74) is 0.283. The molecular weight excluding hydrogens is 426 g/mol. The van der Waals surface area contributed by atoms with Gasteiger partial charge in [-0.3, -0.25) is 4.79 Å². The monoisotopic (exact) mass is 453 g/mol. The second-order valence-electron chi connectivity index (χ2n) is 6.50. The van der Waals surface area contributed by atoms with Crippen LogP contribution in [0.25, 0.3) is 0 Å². The molecule has 0 radical (unpaired) electrons. The van der Waals surface area contributed by atoms with Crippen molar-refractivity contribution < 1.29 is 33.6 Å². The Hall–Kier alpha value is -2.84. The summed E-state index contributed by atoms with van der Waals surface area (Å²) in [5.74, 6) is 1.65. The number of halogens is 1. The van der Waals surface area contributed by atoms with Gasteiger partial charge >= 0.3 is 0 Å². The second kappa shape index (κ2) is 12.1. The molecular formula is C22H28ClNO7. The molecule has 1 unspecified atom stereocenters. The fourth-order valence-corrected chi connectivity index (χ4v) is 2.97. The molecule has 0 fully saturated rings. The molecule has 9 heteroatoms. The van der Waals surface area contributed by atoms with Crippen molar-refractivity contribution in [2.45, 2.75) is 19.4 Å². The quantitative estimate of drug-likeness (QED) is 0.509. The highest BCUT2D eigenvalue weighted by Crippen LogP contribution is 2.37. The number of carbonyl (C=O) groups excluding carboxylic acids is 1. The molecule has 0 aliphatic carbocycles. The Kier molecular flexibility index (Phi) is 9.55. The number of hydrogen-bond acceptors (Lipinski definition) is 7. The first-order valence-electron chi connectivity index (χ1n) is 9.75. The van der Waals surface area contributed by atoms with Gasteiger partial charge in [-0.1, -0.05) is 24.6 Å². The number of amides is 1. The number of aliphatic hydroxyl groups is 1. The van der Waals surface area contributed by atoms with Crippen LogP contribution in [0.4, 0.5) is 0 Å². The smallest absolute Gasteiger partial charge is 0.251 e. The molecule has 31 heavy (non-hydrogen) atoms. The topological polar surface area (TPSA) is 95.5 Å².